The summed E-state index contributed by atoms with van der Waals surface area (Å²) in [4.78, 5) is 29.0. The van der Waals surface area contributed by atoms with Gasteiger partial charge in [-0.15, -0.1) is 0 Å². The summed E-state index contributed by atoms with van der Waals surface area (Å²) in [6, 6.07) is 19.3. The first-order valence-corrected chi connectivity index (χ1v) is 16.0. The standard InChI is InChI=1S/C32H38ClN3O5S/c1-23-15-17-30(18-16-23)42(39,40)36(28-13-8-14-29(20-28)41-3)22-31(37)35(21-25-9-7-10-26(33)19-25)24(2)32(38)34-27-11-5-4-6-12-27/h7-10,13-20,24,27H,4-6,11-12,21-22H2,1-3H3,(H,34,38)/t24-/m0/s1. The molecule has 1 aliphatic carbocycles. The van der Waals surface area contributed by atoms with Crippen LogP contribution in [0.5, 0.6) is 5.75 Å². The number of hydrogen-bond acceptors (Lipinski definition) is 5. The summed E-state index contributed by atoms with van der Waals surface area (Å²) in [7, 11) is -2.68. The van der Waals surface area contributed by atoms with E-state index in [1.807, 2.05) is 13.0 Å². The van der Waals surface area contributed by atoms with Gasteiger partial charge in [-0.25, -0.2) is 8.42 Å². The average Bonchev–Trinajstić information content (AvgIpc) is 2.99. The van der Waals surface area contributed by atoms with Crippen LogP contribution in [0.1, 0.15) is 50.2 Å². The maximum absolute atomic E-state index is 14.1. The van der Waals surface area contributed by atoms with Crippen LogP contribution in [0.4, 0.5) is 5.69 Å². The topological polar surface area (TPSA) is 96.0 Å². The zero-order chi connectivity index (χ0) is 30.3. The maximum atomic E-state index is 14.1. The Morgan fingerprint density at radius 1 is 1.00 bits per heavy atom. The summed E-state index contributed by atoms with van der Waals surface area (Å²) in [5, 5.41) is 3.60. The van der Waals surface area contributed by atoms with Crippen LogP contribution in [-0.2, 0) is 26.2 Å². The van der Waals surface area contributed by atoms with E-state index in [9.17, 15) is 18.0 Å². The molecule has 0 aromatic heterocycles. The number of ether oxygens (including phenoxy) is 1. The van der Waals surface area contributed by atoms with E-state index in [0.717, 1.165) is 47.5 Å². The number of amides is 2. The number of nitrogens with zero attached hydrogens (tertiary/aromatic N) is 2. The third kappa shape index (κ3) is 7.83. The third-order valence-corrected chi connectivity index (χ3v) is 9.61. The number of carbonyl (C=O) groups excluding carboxylic acids is 2. The van der Waals surface area contributed by atoms with Crippen molar-refractivity contribution in [2.45, 2.75) is 69.5 Å². The Balaban J connectivity index is 1.69. The highest BCUT2D eigenvalue weighted by Crippen LogP contribution is 2.28. The number of benzene rings is 3. The highest BCUT2D eigenvalue weighted by Gasteiger charge is 2.33. The Morgan fingerprint density at radius 2 is 1.69 bits per heavy atom. The van der Waals surface area contributed by atoms with E-state index in [1.54, 1.807) is 61.5 Å². The number of sulfonamides is 1. The van der Waals surface area contributed by atoms with Gasteiger partial charge in [-0.1, -0.05) is 66.8 Å². The van der Waals surface area contributed by atoms with Crippen LogP contribution in [-0.4, -0.2) is 50.9 Å². The average molecular weight is 612 g/mol. The molecule has 0 bridgehead atoms. The zero-order valence-corrected chi connectivity index (χ0v) is 25.8. The highest BCUT2D eigenvalue weighted by atomic mass is 35.5. The van der Waals surface area contributed by atoms with Crippen LogP contribution < -0.4 is 14.4 Å². The quantitative estimate of drug-likeness (QED) is 0.299. The maximum Gasteiger partial charge on any atom is 0.264 e. The summed E-state index contributed by atoms with van der Waals surface area (Å²) in [6.45, 7) is 3.10. The van der Waals surface area contributed by atoms with Crippen molar-refractivity contribution in [2.75, 3.05) is 18.0 Å². The Bertz CT molecular complexity index is 1490. The SMILES string of the molecule is COc1cccc(N(CC(=O)N(Cc2cccc(Cl)c2)[C@@H](C)C(=O)NC2CCCCC2)S(=O)(=O)c2ccc(C)cc2)c1. The summed E-state index contributed by atoms with van der Waals surface area (Å²) in [6.07, 6.45) is 5.06. The van der Waals surface area contributed by atoms with E-state index in [0.29, 0.717) is 10.8 Å². The molecule has 1 aliphatic rings. The molecule has 1 atom stereocenters. The minimum Gasteiger partial charge on any atom is -0.497 e. The van der Waals surface area contributed by atoms with Gasteiger partial charge in [0.05, 0.1) is 17.7 Å². The molecule has 42 heavy (non-hydrogen) atoms. The fraction of sp³-hybridized carbons (Fsp3) is 0.375. The molecule has 8 nitrogen and oxygen atoms in total. The monoisotopic (exact) mass is 611 g/mol. The normalized spacial score (nSPS) is 14.6. The second-order valence-electron chi connectivity index (χ2n) is 10.7. The van der Waals surface area contributed by atoms with Crippen molar-refractivity contribution in [1.29, 1.82) is 0 Å². The first-order chi connectivity index (χ1) is 20.1. The number of nitrogens with one attached hydrogen (secondary N) is 1. The van der Waals surface area contributed by atoms with Crippen LogP contribution in [0.3, 0.4) is 0 Å². The molecule has 0 spiro atoms. The number of methoxy groups -OCH3 is 1. The molecule has 0 heterocycles. The fourth-order valence-corrected chi connectivity index (χ4v) is 6.73. The molecule has 0 radical (unpaired) electrons. The predicted octanol–water partition coefficient (Wildman–Crippen LogP) is 5.72. The third-order valence-electron chi connectivity index (χ3n) is 7.59. The van der Waals surface area contributed by atoms with Crippen LogP contribution in [0, 0.1) is 6.92 Å². The lowest BCUT2D eigenvalue weighted by molar-refractivity contribution is -0.139. The van der Waals surface area contributed by atoms with Gasteiger partial charge in [-0.05, 0) is 68.7 Å². The van der Waals surface area contributed by atoms with E-state index < -0.39 is 28.5 Å². The Labute approximate surface area is 253 Å². The molecular formula is C32H38ClN3O5S. The second-order valence-corrected chi connectivity index (χ2v) is 13.0. The number of rotatable bonds is 11. The van der Waals surface area contributed by atoms with E-state index in [-0.39, 0.29) is 29.1 Å². The van der Waals surface area contributed by atoms with Gasteiger partial charge >= 0.3 is 0 Å². The van der Waals surface area contributed by atoms with Crippen LogP contribution in [0.15, 0.2) is 77.7 Å². The lowest BCUT2D eigenvalue weighted by Gasteiger charge is -2.33. The van der Waals surface area contributed by atoms with E-state index in [1.165, 1.54) is 24.1 Å². The summed E-state index contributed by atoms with van der Waals surface area (Å²) >= 11 is 6.23. The number of anilines is 1. The van der Waals surface area contributed by atoms with Gasteiger partial charge in [0, 0.05) is 23.7 Å². The van der Waals surface area contributed by atoms with Gasteiger partial charge in [0.15, 0.2) is 0 Å². The molecule has 10 heteroatoms. The van der Waals surface area contributed by atoms with E-state index in [2.05, 4.69) is 5.32 Å². The minimum absolute atomic E-state index is 0.0493. The number of carbonyl (C=O) groups is 2. The molecule has 3 aromatic carbocycles. The summed E-state index contributed by atoms with van der Waals surface area (Å²) < 4.78 is 34.4. The highest BCUT2D eigenvalue weighted by molar-refractivity contribution is 7.92. The van der Waals surface area contributed by atoms with E-state index >= 15 is 0 Å². The van der Waals surface area contributed by atoms with Crippen molar-refractivity contribution >= 4 is 39.1 Å². The lowest BCUT2D eigenvalue weighted by atomic mass is 9.95. The van der Waals surface area contributed by atoms with Crippen molar-refractivity contribution in [1.82, 2.24) is 10.2 Å². The molecule has 1 N–H and O–H groups in total. The zero-order valence-electron chi connectivity index (χ0n) is 24.3. The van der Waals surface area contributed by atoms with Gasteiger partial charge in [0.1, 0.15) is 18.3 Å². The van der Waals surface area contributed by atoms with Crippen molar-refractivity contribution in [3.8, 4) is 5.75 Å². The molecule has 0 unspecified atom stereocenters. The second kappa shape index (κ2) is 14.1. The molecule has 1 fully saturated rings. The molecule has 4 rings (SSSR count). The number of hydrogen-bond donors (Lipinski definition) is 1. The lowest BCUT2D eigenvalue weighted by Crippen LogP contribution is -2.53. The van der Waals surface area contributed by atoms with Crippen LogP contribution in [0.25, 0.3) is 0 Å². The van der Waals surface area contributed by atoms with Crippen molar-refractivity contribution in [3.05, 3.63) is 88.9 Å². The fourth-order valence-electron chi connectivity index (χ4n) is 5.12. The number of halogens is 1. The Hall–Kier alpha value is -3.56. The Morgan fingerprint density at radius 3 is 2.36 bits per heavy atom. The smallest absolute Gasteiger partial charge is 0.264 e. The van der Waals surface area contributed by atoms with Gasteiger partial charge in [0.25, 0.3) is 10.0 Å². The first-order valence-electron chi connectivity index (χ1n) is 14.2. The Kier molecular flexibility index (Phi) is 10.5. The molecule has 3 aromatic rings. The van der Waals surface area contributed by atoms with Crippen molar-refractivity contribution < 1.29 is 22.7 Å². The van der Waals surface area contributed by atoms with Crippen molar-refractivity contribution in [3.63, 3.8) is 0 Å². The van der Waals surface area contributed by atoms with Gasteiger partial charge in [-0.3, -0.25) is 13.9 Å². The molecule has 0 saturated heterocycles. The van der Waals surface area contributed by atoms with Crippen LogP contribution >= 0.6 is 11.6 Å². The molecule has 224 valence electrons. The van der Waals surface area contributed by atoms with E-state index in [4.69, 9.17) is 16.3 Å². The number of aryl methyl sites for hydroxylation is 1. The molecular weight excluding hydrogens is 574 g/mol. The predicted molar refractivity (Wildman–Crippen MR) is 165 cm³/mol. The molecule has 1 saturated carbocycles. The first kappa shape index (κ1) is 31.4. The summed E-state index contributed by atoms with van der Waals surface area (Å²) in [5.74, 6) is -0.355. The molecule has 0 aliphatic heterocycles. The molecule has 2 amide bonds. The van der Waals surface area contributed by atoms with Crippen molar-refractivity contribution in [2.24, 2.45) is 0 Å². The minimum atomic E-state index is -4.16. The van der Waals surface area contributed by atoms with Crippen LogP contribution in [0.2, 0.25) is 5.02 Å². The van der Waals surface area contributed by atoms with Gasteiger partial charge < -0.3 is 15.0 Å². The van der Waals surface area contributed by atoms with Gasteiger partial charge in [-0.2, -0.15) is 0 Å². The largest absolute Gasteiger partial charge is 0.497 e. The summed E-state index contributed by atoms with van der Waals surface area (Å²) in [5.41, 5.74) is 1.90. The van der Waals surface area contributed by atoms with Gasteiger partial charge in [0.2, 0.25) is 11.8 Å².